The van der Waals surface area contributed by atoms with Crippen molar-refractivity contribution in [1.82, 2.24) is 5.32 Å². The Morgan fingerprint density at radius 3 is 2.35 bits per heavy atom. The molecule has 6 nitrogen and oxygen atoms in total. The molecule has 0 fully saturated rings. The van der Waals surface area contributed by atoms with Crippen molar-refractivity contribution in [2.45, 2.75) is 38.0 Å². The van der Waals surface area contributed by atoms with Gasteiger partial charge >= 0.3 is 5.97 Å². The number of esters is 1. The number of carbonyl (C=O) groups excluding carboxylic acids is 2. The summed E-state index contributed by atoms with van der Waals surface area (Å²) in [6, 6.07) is -0.836. The minimum atomic E-state index is -1.62. The van der Waals surface area contributed by atoms with E-state index < -0.39 is 29.6 Å². The van der Waals surface area contributed by atoms with E-state index in [0.29, 0.717) is 0 Å². The summed E-state index contributed by atoms with van der Waals surface area (Å²) in [6.07, 6.45) is 1.38. The lowest BCUT2D eigenvalue weighted by Crippen LogP contribution is -2.63. The summed E-state index contributed by atoms with van der Waals surface area (Å²) >= 11 is 0. The van der Waals surface area contributed by atoms with Gasteiger partial charge in [0.2, 0.25) is 5.91 Å². The number of amides is 1. The van der Waals surface area contributed by atoms with Crippen molar-refractivity contribution in [2.24, 2.45) is 11.7 Å². The van der Waals surface area contributed by atoms with E-state index in [1.54, 1.807) is 13.8 Å². The van der Waals surface area contributed by atoms with E-state index in [1.165, 1.54) is 19.3 Å². The molecule has 0 saturated carbocycles. The third-order valence-electron chi connectivity index (χ3n) is 3.06. The largest absolute Gasteiger partial charge is 0.467 e. The monoisotopic (exact) mass is 284 g/mol. The predicted molar refractivity (Wildman–Crippen MR) is 76.7 cm³/mol. The molecular weight excluding hydrogens is 260 g/mol. The number of ether oxygens (including phenoxy) is 1. The lowest BCUT2D eigenvalue weighted by atomic mass is 9.87. The van der Waals surface area contributed by atoms with Gasteiger partial charge in [0.05, 0.1) is 13.2 Å². The molecule has 0 aromatic carbocycles. The van der Waals surface area contributed by atoms with Gasteiger partial charge in [-0.25, -0.2) is 4.79 Å². The van der Waals surface area contributed by atoms with Crippen molar-refractivity contribution < 1.29 is 19.4 Å². The molecule has 114 valence electrons. The first-order valence-corrected chi connectivity index (χ1v) is 6.33. The van der Waals surface area contributed by atoms with Gasteiger partial charge < -0.3 is 20.9 Å². The van der Waals surface area contributed by atoms with E-state index >= 15 is 0 Å². The highest BCUT2D eigenvalue weighted by atomic mass is 16.5. The molecule has 0 saturated heterocycles. The van der Waals surface area contributed by atoms with Gasteiger partial charge in [-0.15, -0.1) is 13.2 Å². The Labute approximate surface area is 119 Å². The number of nitrogens with one attached hydrogen (secondary N) is 1. The molecule has 0 unspecified atom stereocenters. The second-order valence-electron chi connectivity index (χ2n) is 4.93. The van der Waals surface area contributed by atoms with Gasteiger partial charge in [0.15, 0.2) is 0 Å². The number of aliphatic hydroxyl groups is 1. The minimum absolute atomic E-state index is 0.0397. The Morgan fingerprint density at radius 2 is 2.00 bits per heavy atom. The van der Waals surface area contributed by atoms with Crippen LogP contribution in [0.4, 0.5) is 0 Å². The molecule has 0 heterocycles. The van der Waals surface area contributed by atoms with E-state index in [0.717, 1.165) is 0 Å². The van der Waals surface area contributed by atoms with Crippen molar-refractivity contribution in [2.75, 3.05) is 7.11 Å². The van der Waals surface area contributed by atoms with E-state index in [1.807, 2.05) is 0 Å². The van der Waals surface area contributed by atoms with Crippen LogP contribution in [0.1, 0.15) is 20.3 Å². The fourth-order valence-corrected chi connectivity index (χ4v) is 1.70. The molecule has 0 rings (SSSR count). The highest BCUT2D eigenvalue weighted by Gasteiger charge is 2.41. The maximum absolute atomic E-state index is 12.3. The van der Waals surface area contributed by atoms with Crippen molar-refractivity contribution in [1.29, 1.82) is 0 Å². The summed E-state index contributed by atoms with van der Waals surface area (Å²) in [5.41, 5.74) is 4.32. The van der Waals surface area contributed by atoms with E-state index in [9.17, 15) is 14.7 Å². The van der Waals surface area contributed by atoms with Crippen LogP contribution in [-0.2, 0) is 14.3 Å². The number of aliphatic hydroxyl groups excluding tert-OH is 1. The Morgan fingerprint density at radius 1 is 1.45 bits per heavy atom. The summed E-state index contributed by atoms with van der Waals surface area (Å²) in [7, 11) is 1.24. The van der Waals surface area contributed by atoms with Crippen LogP contribution >= 0.6 is 0 Å². The fraction of sp³-hybridized carbons (Fsp3) is 0.571. The van der Waals surface area contributed by atoms with Crippen LogP contribution in [0.3, 0.4) is 0 Å². The number of hydrogen-bond acceptors (Lipinski definition) is 5. The Hall–Kier alpha value is -1.66. The minimum Gasteiger partial charge on any atom is -0.467 e. The van der Waals surface area contributed by atoms with Crippen LogP contribution in [0.5, 0.6) is 0 Å². The Balaban J connectivity index is 5.22. The number of methoxy groups -OCH3 is 1. The quantitative estimate of drug-likeness (QED) is 0.434. The average molecular weight is 284 g/mol. The highest BCUT2D eigenvalue weighted by molar-refractivity contribution is 5.91. The summed E-state index contributed by atoms with van der Waals surface area (Å²) in [5, 5.41) is 12.4. The van der Waals surface area contributed by atoms with Gasteiger partial charge in [-0.05, 0) is 12.3 Å². The molecule has 20 heavy (non-hydrogen) atoms. The molecule has 0 aliphatic carbocycles. The maximum Gasteiger partial charge on any atom is 0.328 e. The predicted octanol–water partition coefficient (Wildman–Crippen LogP) is 0.121. The highest BCUT2D eigenvalue weighted by Crippen LogP contribution is 2.16. The lowest BCUT2D eigenvalue weighted by molar-refractivity contribution is -0.147. The van der Waals surface area contributed by atoms with E-state index in [4.69, 9.17) is 5.73 Å². The molecule has 3 atom stereocenters. The van der Waals surface area contributed by atoms with Crippen LogP contribution in [-0.4, -0.2) is 41.8 Å². The van der Waals surface area contributed by atoms with Gasteiger partial charge in [0.1, 0.15) is 11.6 Å². The van der Waals surface area contributed by atoms with E-state index in [2.05, 4.69) is 23.2 Å². The van der Waals surface area contributed by atoms with Crippen LogP contribution in [0.2, 0.25) is 0 Å². The molecule has 0 aromatic rings. The van der Waals surface area contributed by atoms with Crippen LogP contribution in [0.15, 0.2) is 25.3 Å². The SMILES string of the molecule is C=CC[C@@](N)(C(=O)N[C@@H](C(=O)OC)C(C)C)[C@H](O)C=C. The second-order valence-corrected chi connectivity index (χ2v) is 4.93. The van der Waals surface area contributed by atoms with Gasteiger partial charge in [-0.2, -0.15) is 0 Å². The molecule has 0 aliphatic rings. The fourth-order valence-electron chi connectivity index (χ4n) is 1.70. The molecular formula is C14H24N2O4. The Kier molecular flexibility index (Phi) is 7.17. The van der Waals surface area contributed by atoms with Gasteiger partial charge in [-0.3, -0.25) is 4.79 Å². The zero-order chi connectivity index (χ0) is 15.9. The van der Waals surface area contributed by atoms with Crippen molar-refractivity contribution >= 4 is 11.9 Å². The first kappa shape index (κ1) is 18.3. The number of nitrogens with two attached hydrogens (primary N) is 1. The van der Waals surface area contributed by atoms with Crippen molar-refractivity contribution in [3.63, 3.8) is 0 Å². The van der Waals surface area contributed by atoms with Crippen LogP contribution in [0, 0.1) is 5.92 Å². The average Bonchev–Trinajstić information content (AvgIpc) is 2.42. The smallest absolute Gasteiger partial charge is 0.328 e. The number of hydrogen-bond donors (Lipinski definition) is 3. The number of rotatable bonds is 8. The Bertz CT molecular complexity index is 381. The molecule has 6 heteroatoms. The molecule has 0 aliphatic heterocycles. The number of carbonyl (C=O) groups is 2. The van der Waals surface area contributed by atoms with Crippen molar-refractivity contribution in [3.8, 4) is 0 Å². The normalized spacial score (nSPS) is 16.7. The van der Waals surface area contributed by atoms with Crippen LogP contribution < -0.4 is 11.1 Å². The molecule has 0 radical (unpaired) electrons. The third kappa shape index (κ3) is 4.18. The molecule has 0 spiro atoms. The molecule has 0 aromatic heterocycles. The molecule has 0 bridgehead atoms. The van der Waals surface area contributed by atoms with E-state index in [-0.39, 0.29) is 12.3 Å². The topological polar surface area (TPSA) is 102 Å². The van der Waals surface area contributed by atoms with Gasteiger partial charge in [0, 0.05) is 0 Å². The standard InChI is InChI=1S/C14H24N2O4/c1-6-8-14(15,10(17)7-2)13(19)16-11(9(3)4)12(18)20-5/h6-7,9-11,17H,1-2,8,15H2,3-5H3,(H,16,19)/t10-,11-,14+/m1/s1. The summed E-state index contributed by atoms with van der Waals surface area (Å²) in [6.45, 7) is 10.5. The molecule has 1 amide bonds. The zero-order valence-electron chi connectivity index (χ0n) is 12.3. The molecule has 4 N–H and O–H groups in total. The first-order valence-electron chi connectivity index (χ1n) is 6.33. The third-order valence-corrected chi connectivity index (χ3v) is 3.06. The van der Waals surface area contributed by atoms with Crippen molar-refractivity contribution in [3.05, 3.63) is 25.3 Å². The van der Waals surface area contributed by atoms with Gasteiger partial charge in [0.25, 0.3) is 0 Å². The summed E-state index contributed by atoms with van der Waals surface area (Å²) < 4.78 is 4.64. The van der Waals surface area contributed by atoms with Gasteiger partial charge in [-0.1, -0.05) is 26.0 Å². The zero-order valence-corrected chi connectivity index (χ0v) is 12.3. The maximum atomic E-state index is 12.3. The first-order chi connectivity index (χ1) is 9.24. The second kappa shape index (κ2) is 7.81. The summed E-state index contributed by atoms with van der Waals surface area (Å²) in [4.78, 5) is 23.9. The summed E-state index contributed by atoms with van der Waals surface area (Å²) in [5.74, 6) is -1.41. The van der Waals surface area contributed by atoms with Crippen LogP contribution in [0.25, 0.3) is 0 Å². The lowest BCUT2D eigenvalue weighted by Gasteiger charge is -2.32.